The predicted octanol–water partition coefficient (Wildman–Crippen LogP) is 2.11. The quantitative estimate of drug-likeness (QED) is 0.651. The molecule has 1 aromatic heterocycles. The van der Waals surface area contributed by atoms with Crippen molar-refractivity contribution in [3.05, 3.63) is 57.0 Å². The summed E-state index contributed by atoms with van der Waals surface area (Å²) in [6.45, 7) is 2.11. The normalized spacial score (nSPS) is 10.5. The van der Waals surface area contributed by atoms with Crippen LogP contribution in [0.15, 0.2) is 30.5 Å². The van der Waals surface area contributed by atoms with Crippen LogP contribution < -0.4 is 5.32 Å². The van der Waals surface area contributed by atoms with Crippen molar-refractivity contribution in [3.63, 3.8) is 0 Å². The minimum Gasteiger partial charge on any atom is -0.358 e. The van der Waals surface area contributed by atoms with Gasteiger partial charge in [-0.25, -0.2) is 0 Å². The molecule has 0 fully saturated rings. The van der Waals surface area contributed by atoms with Crippen molar-refractivity contribution >= 4 is 23.3 Å². The van der Waals surface area contributed by atoms with E-state index in [1.165, 1.54) is 10.8 Å². The van der Waals surface area contributed by atoms with Crippen LogP contribution >= 0.6 is 11.6 Å². The number of imidazole rings is 1. The highest BCUT2D eigenvalue weighted by atomic mass is 35.5. The minimum absolute atomic E-state index is 0.00723. The fraction of sp³-hybridized carbons (Fsp3) is 0.286. The van der Waals surface area contributed by atoms with E-state index in [-0.39, 0.29) is 18.3 Å². The van der Waals surface area contributed by atoms with Crippen LogP contribution in [-0.2, 0) is 17.8 Å². The number of aryl methyl sites for hydroxylation is 1. The monoisotopic (exact) mass is 322 g/mol. The van der Waals surface area contributed by atoms with Crippen molar-refractivity contribution in [1.29, 1.82) is 0 Å². The lowest BCUT2D eigenvalue weighted by Crippen LogP contribution is -2.29. The number of amides is 1. The Hall–Kier alpha value is -2.41. The van der Waals surface area contributed by atoms with Gasteiger partial charge in [0, 0.05) is 18.5 Å². The van der Waals surface area contributed by atoms with Crippen molar-refractivity contribution in [2.45, 2.75) is 19.9 Å². The van der Waals surface area contributed by atoms with E-state index in [0.29, 0.717) is 23.8 Å². The van der Waals surface area contributed by atoms with Crippen molar-refractivity contribution < 1.29 is 9.72 Å². The van der Waals surface area contributed by atoms with Gasteiger partial charge in [-0.15, -0.1) is 0 Å². The Balaban J connectivity index is 1.83. The molecule has 1 aromatic carbocycles. The minimum atomic E-state index is -0.581. The summed E-state index contributed by atoms with van der Waals surface area (Å²) in [6.07, 6.45) is 1.94. The SMILES string of the molecule is Cc1nc([N+](=O)[O-])cn1CC(=O)NCCc1ccc(Cl)cc1. The first-order valence-electron chi connectivity index (χ1n) is 6.65. The van der Waals surface area contributed by atoms with Gasteiger partial charge in [-0.1, -0.05) is 23.7 Å². The van der Waals surface area contributed by atoms with Gasteiger partial charge in [0.15, 0.2) is 0 Å². The molecule has 1 heterocycles. The number of hydrogen-bond donors (Lipinski definition) is 1. The fourth-order valence-electron chi connectivity index (χ4n) is 1.95. The molecule has 0 unspecified atom stereocenters. The van der Waals surface area contributed by atoms with Crippen LogP contribution in [0, 0.1) is 17.0 Å². The van der Waals surface area contributed by atoms with Crippen molar-refractivity contribution in [2.24, 2.45) is 0 Å². The average molecular weight is 323 g/mol. The van der Waals surface area contributed by atoms with Gasteiger partial charge in [-0.2, -0.15) is 0 Å². The molecular formula is C14H15ClN4O3. The maximum atomic E-state index is 11.8. The number of halogens is 1. The summed E-state index contributed by atoms with van der Waals surface area (Å²) in [5.74, 6) is -0.0459. The summed E-state index contributed by atoms with van der Waals surface area (Å²) in [7, 11) is 0. The Morgan fingerprint density at radius 1 is 1.41 bits per heavy atom. The van der Waals surface area contributed by atoms with E-state index < -0.39 is 4.92 Å². The summed E-state index contributed by atoms with van der Waals surface area (Å²) in [5.41, 5.74) is 1.07. The van der Waals surface area contributed by atoms with Gasteiger partial charge >= 0.3 is 5.82 Å². The van der Waals surface area contributed by atoms with Gasteiger partial charge in [-0.3, -0.25) is 9.36 Å². The molecule has 0 aliphatic carbocycles. The Kier molecular flexibility index (Phi) is 5.11. The Bertz CT molecular complexity index is 682. The van der Waals surface area contributed by atoms with Crippen molar-refractivity contribution in [3.8, 4) is 0 Å². The van der Waals surface area contributed by atoms with Gasteiger partial charge < -0.3 is 15.4 Å². The molecular weight excluding hydrogens is 308 g/mol. The second kappa shape index (κ2) is 7.04. The lowest BCUT2D eigenvalue weighted by atomic mass is 10.1. The number of carbonyl (C=O) groups excluding carboxylic acids is 1. The van der Waals surface area contributed by atoms with Crippen LogP contribution in [0.5, 0.6) is 0 Å². The molecule has 0 saturated heterocycles. The molecule has 116 valence electrons. The molecule has 22 heavy (non-hydrogen) atoms. The van der Waals surface area contributed by atoms with E-state index in [9.17, 15) is 14.9 Å². The lowest BCUT2D eigenvalue weighted by Gasteiger charge is -2.06. The molecule has 2 rings (SSSR count). The maximum Gasteiger partial charge on any atom is 0.381 e. The first-order valence-corrected chi connectivity index (χ1v) is 7.03. The van der Waals surface area contributed by atoms with Crippen LogP contribution in [-0.4, -0.2) is 26.9 Å². The molecule has 1 N–H and O–H groups in total. The highest BCUT2D eigenvalue weighted by Gasteiger charge is 2.16. The Labute approximate surface area is 132 Å². The molecule has 2 aromatic rings. The zero-order chi connectivity index (χ0) is 16.1. The van der Waals surface area contributed by atoms with E-state index in [1.807, 2.05) is 12.1 Å². The largest absolute Gasteiger partial charge is 0.381 e. The summed E-state index contributed by atoms with van der Waals surface area (Å²) < 4.78 is 1.45. The number of nitro groups is 1. The van der Waals surface area contributed by atoms with Crippen LogP contribution in [0.25, 0.3) is 0 Å². The standard InChI is InChI=1S/C14H15ClN4O3/c1-10-17-13(19(21)22)8-18(10)9-14(20)16-7-6-11-2-4-12(15)5-3-11/h2-5,8H,6-7,9H2,1H3,(H,16,20). The fourth-order valence-corrected chi connectivity index (χ4v) is 2.07. The molecule has 7 nitrogen and oxygen atoms in total. The molecule has 0 radical (unpaired) electrons. The van der Waals surface area contributed by atoms with Gasteiger partial charge in [0.25, 0.3) is 0 Å². The average Bonchev–Trinajstić information content (AvgIpc) is 2.83. The zero-order valence-corrected chi connectivity index (χ0v) is 12.7. The summed E-state index contributed by atoms with van der Waals surface area (Å²) in [6, 6.07) is 7.40. The van der Waals surface area contributed by atoms with Crippen molar-refractivity contribution in [1.82, 2.24) is 14.9 Å². The smallest absolute Gasteiger partial charge is 0.358 e. The van der Waals surface area contributed by atoms with Gasteiger partial charge in [0.05, 0.1) is 0 Å². The summed E-state index contributed by atoms with van der Waals surface area (Å²) in [4.78, 5) is 25.7. The number of hydrogen-bond acceptors (Lipinski definition) is 4. The predicted molar refractivity (Wildman–Crippen MR) is 81.8 cm³/mol. The van der Waals surface area contributed by atoms with Gasteiger partial charge in [0.2, 0.25) is 11.7 Å². The molecule has 0 atom stereocenters. The third-order valence-corrected chi connectivity index (χ3v) is 3.37. The number of carbonyl (C=O) groups is 1. The number of benzene rings is 1. The lowest BCUT2D eigenvalue weighted by molar-refractivity contribution is -0.389. The number of nitrogens with one attached hydrogen (secondary N) is 1. The van der Waals surface area contributed by atoms with Crippen LogP contribution in [0.1, 0.15) is 11.4 Å². The molecule has 0 spiro atoms. The van der Waals surface area contributed by atoms with Crippen LogP contribution in [0.4, 0.5) is 5.82 Å². The van der Waals surface area contributed by atoms with Gasteiger partial charge in [-0.05, 0) is 34.0 Å². The zero-order valence-electron chi connectivity index (χ0n) is 12.0. The second-order valence-corrected chi connectivity index (χ2v) is 5.19. The number of rotatable bonds is 6. The van der Waals surface area contributed by atoms with E-state index in [2.05, 4.69) is 10.3 Å². The maximum absolute atomic E-state index is 11.8. The molecule has 0 aliphatic heterocycles. The Morgan fingerprint density at radius 2 is 2.09 bits per heavy atom. The third-order valence-electron chi connectivity index (χ3n) is 3.11. The third kappa shape index (κ3) is 4.29. The molecule has 8 heteroatoms. The first kappa shape index (κ1) is 16.0. The highest BCUT2D eigenvalue weighted by molar-refractivity contribution is 6.30. The number of nitrogens with zero attached hydrogens (tertiary/aromatic N) is 3. The topological polar surface area (TPSA) is 90.1 Å². The van der Waals surface area contributed by atoms with Gasteiger partial charge in [0.1, 0.15) is 12.7 Å². The highest BCUT2D eigenvalue weighted by Crippen LogP contribution is 2.10. The van der Waals surface area contributed by atoms with Crippen LogP contribution in [0.2, 0.25) is 5.02 Å². The molecule has 1 amide bonds. The Morgan fingerprint density at radius 3 is 2.68 bits per heavy atom. The van der Waals surface area contributed by atoms with E-state index >= 15 is 0 Å². The molecule has 0 aliphatic rings. The summed E-state index contributed by atoms with van der Waals surface area (Å²) >= 11 is 5.80. The molecule has 0 bridgehead atoms. The van der Waals surface area contributed by atoms with E-state index in [0.717, 1.165) is 5.56 Å². The van der Waals surface area contributed by atoms with E-state index in [1.54, 1.807) is 19.1 Å². The molecule has 0 saturated carbocycles. The van der Waals surface area contributed by atoms with Crippen LogP contribution in [0.3, 0.4) is 0 Å². The second-order valence-electron chi connectivity index (χ2n) is 4.76. The van der Waals surface area contributed by atoms with E-state index in [4.69, 9.17) is 11.6 Å². The first-order chi connectivity index (χ1) is 10.5. The van der Waals surface area contributed by atoms with Crippen molar-refractivity contribution in [2.75, 3.05) is 6.54 Å². The number of aromatic nitrogens is 2. The summed E-state index contributed by atoms with van der Waals surface area (Å²) in [5, 5.41) is 14.1.